The van der Waals surface area contributed by atoms with E-state index in [1.165, 1.54) is 0 Å². The van der Waals surface area contributed by atoms with Crippen molar-refractivity contribution in [3.63, 3.8) is 0 Å². The second kappa shape index (κ2) is 10.7. The average Bonchev–Trinajstić information content (AvgIpc) is 3.35. The molecule has 8 nitrogen and oxygen atoms in total. The fraction of sp³-hybridized carbons (Fsp3) is 0.385. The number of hydrogen-bond acceptors (Lipinski definition) is 6. The standard InChI is InChI=1S/C26H28N6O2/c27-16-21(17-28)25(29-22-11-10-19-7-1-2-8-20(19)15-22)30-23-9-3-4-14-32(26(23)34)18-24(33)31-12-5-6-13-31/h1-2,7-8,10-11,15,23,29-30H,3-6,9,12-14,18H2/t23-/m0/s1. The zero-order chi connectivity index (χ0) is 23.9. The minimum absolute atomic E-state index is 0.0220. The van der Waals surface area contributed by atoms with Crippen LogP contribution in [0.1, 0.15) is 32.1 Å². The lowest BCUT2D eigenvalue weighted by Crippen LogP contribution is -2.49. The molecule has 174 valence electrons. The number of benzene rings is 2. The number of rotatable bonds is 6. The molecule has 2 N–H and O–H groups in total. The normalized spacial score (nSPS) is 18.1. The summed E-state index contributed by atoms with van der Waals surface area (Å²) >= 11 is 0. The van der Waals surface area contributed by atoms with Gasteiger partial charge in [0.25, 0.3) is 0 Å². The van der Waals surface area contributed by atoms with Gasteiger partial charge in [0.1, 0.15) is 24.0 Å². The first kappa shape index (κ1) is 23.1. The van der Waals surface area contributed by atoms with Crippen LogP contribution in [0.15, 0.2) is 53.9 Å². The first-order valence-corrected chi connectivity index (χ1v) is 11.7. The van der Waals surface area contributed by atoms with Gasteiger partial charge in [-0.15, -0.1) is 0 Å². The molecule has 2 fully saturated rings. The molecular weight excluding hydrogens is 428 g/mol. The summed E-state index contributed by atoms with van der Waals surface area (Å²) in [6.45, 7) is 2.09. The third-order valence-corrected chi connectivity index (χ3v) is 6.38. The number of fused-ring (bicyclic) bond motifs is 1. The average molecular weight is 457 g/mol. The van der Waals surface area contributed by atoms with Crippen LogP contribution in [-0.4, -0.2) is 53.8 Å². The summed E-state index contributed by atoms with van der Waals surface area (Å²) in [6.07, 6.45) is 4.17. The number of allylic oxidation sites excluding steroid dienone is 1. The molecule has 4 rings (SSSR count). The molecule has 2 heterocycles. The van der Waals surface area contributed by atoms with E-state index in [4.69, 9.17) is 0 Å². The van der Waals surface area contributed by atoms with Crippen LogP contribution in [0, 0.1) is 22.7 Å². The summed E-state index contributed by atoms with van der Waals surface area (Å²) in [4.78, 5) is 29.4. The summed E-state index contributed by atoms with van der Waals surface area (Å²) in [5, 5.41) is 27.4. The van der Waals surface area contributed by atoms with Crippen LogP contribution < -0.4 is 10.6 Å². The monoisotopic (exact) mass is 456 g/mol. The third-order valence-electron chi connectivity index (χ3n) is 6.38. The minimum Gasteiger partial charge on any atom is -0.358 e. The fourth-order valence-electron chi connectivity index (χ4n) is 4.52. The highest BCUT2D eigenvalue weighted by Crippen LogP contribution is 2.21. The summed E-state index contributed by atoms with van der Waals surface area (Å²) < 4.78 is 0. The maximum absolute atomic E-state index is 13.3. The molecule has 0 aliphatic carbocycles. The highest BCUT2D eigenvalue weighted by Gasteiger charge is 2.31. The van der Waals surface area contributed by atoms with Crippen molar-refractivity contribution in [1.29, 1.82) is 10.5 Å². The van der Waals surface area contributed by atoms with Crippen LogP contribution >= 0.6 is 0 Å². The minimum atomic E-state index is -0.631. The Balaban J connectivity index is 1.53. The molecule has 2 saturated heterocycles. The topological polar surface area (TPSA) is 112 Å². The van der Waals surface area contributed by atoms with Gasteiger partial charge in [0.05, 0.1) is 6.54 Å². The van der Waals surface area contributed by atoms with Gasteiger partial charge < -0.3 is 20.4 Å². The molecule has 2 aromatic carbocycles. The molecule has 1 atom stereocenters. The summed E-state index contributed by atoms with van der Waals surface area (Å²) in [5.74, 6) is -0.00395. The number of carbonyl (C=O) groups excluding carboxylic acids is 2. The van der Waals surface area contributed by atoms with Gasteiger partial charge in [-0.05, 0) is 55.0 Å². The number of likely N-dealkylation sites (tertiary alicyclic amines) is 2. The van der Waals surface area contributed by atoms with E-state index >= 15 is 0 Å². The molecule has 0 bridgehead atoms. The Morgan fingerprint density at radius 1 is 0.971 bits per heavy atom. The van der Waals surface area contributed by atoms with Gasteiger partial charge in [-0.1, -0.05) is 30.3 Å². The molecular formula is C26H28N6O2. The molecule has 2 aliphatic rings. The van der Waals surface area contributed by atoms with Crippen molar-refractivity contribution in [2.45, 2.75) is 38.1 Å². The number of hydrogen-bond donors (Lipinski definition) is 2. The van der Waals surface area contributed by atoms with Crippen molar-refractivity contribution in [3.8, 4) is 12.1 Å². The molecule has 0 spiro atoms. The van der Waals surface area contributed by atoms with Gasteiger partial charge in [-0.2, -0.15) is 10.5 Å². The van der Waals surface area contributed by atoms with Crippen molar-refractivity contribution in [2.75, 3.05) is 31.5 Å². The maximum atomic E-state index is 13.3. The van der Waals surface area contributed by atoms with Gasteiger partial charge in [0.15, 0.2) is 5.57 Å². The number of nitriles is 2. The van der Waals surface area contributed by atoms with Gasteiger partial charge in [0, 0.05) is 25.3 Å². The summed E-state index contributed by atoms with van der Waals surface area (Å²) in [7, 11) is 0. The van der Waals surface area contributed by atoms with E-state index in [9.17, 15) is 20.1 Å². The van der Waals surface area contributed by atoms with Crippen LogP contribution in [0.3, 0.4) is 0 Å². The molecule has 8 heteroatoms. The lowest BCUT2D eigenvalue weighted by atomic mass is 10.1. The Kier molecular flexibility index (Phi) is 7.29. The largest absolute Gasteiger partial charge is 0.358 e. The SMILES string of the molecule is N#CC(C#N)=C(Nc1ccc2ccccc2c1)N[C@H]1CCCCN(CC(=O)N2CCCC2)C1=O. The fourth-order valence-corrected chi connectivity index (χ4v) is 4.52. The van der Waals surface area contributed by atoms with Gasteiger partial charge in [0.2, 0.25) is 11.8 Å². The number of anilines is 1. The lowest BCUT2D eigenvalue weighted by molar-refractivity contribution is -0.140. The van der Waals surface area contributed by atoms with E-state index in [0.29, 0.717) is 18.7 Å². The van der Waals surface area contributed by atoms with E-state index in [1.807, 2.05) is 59.5 Å². The third kappa shape index (κ3) is 5.29. The number of amides is 2. The Hall–Kier alpha value is -4.04. The second-order valence-corrected chi connectivity index (χ2v) is 8.70. The van der Waals surface area contributed by atoms with Crippen LogP contribution in [0.25, 0.3) is 10.8 Å². The molecule has 2 amide bonds. The van der Waals surface area contributed by atoms with E-state index in [2.05, 4.69) is 10.6 Å². The molecule has 34 heavy (non-hydrogen) atoms. The second-order valence-electron chi connectivity index (χ2n) is 8.70. The molecule has 0 aromatic heterocycles. The summed E-state index contributed by atoms with van der Waals surface area (Å²) in [6, 6.07) is 16.9. The zero-order valence-corrected chi connectivity index (χ0v) is 19.1. The van der Waals surface area contributed by atoms with E-state index in [0.717, 1.165) is 49.5 Å². The molecule has 0 saturated carbocycles. The highest BCUT2D eigenvalue weighted by molar-refractivity contribution is 5.88. The Morgan fingerprint density at radius 2 is 1.68 bits per heavy atom. The molecule has 2 aromatic rings. The number of nitrogens with zero attached hydrogens (tertiary/aromatic N) is 4. The van der Waals surface area contributed by atoms with Gasteiger partial charge >= 0.3 is 0 Å². The molecule has 2 aliphatic heterocycles. The van der Waals surface area contributed by atoms with Crippen molar-refractivity contribution < 1.29 is 9.59 Å². The zero-order valence-electron chi connectivity index (χ0n) is 19.1. The molecule has 0 unspecified atom stereocenters. The van der Waals surface area contributed by atoms with E-state index in [1.54, 1.807) is 4.90 Å². The highest BCUT2D eigenvalue weighted by atomic mass is 16.2. The maximum Gasteiger partial charge on any atom is 0.245 e. The van der Waals surface area contributed by atoms with Crippen LogP contribution in [0.4, 0.5) is 5.69 Å². The number of carbonyl (C=O) groups is 2. The lowest BCUT2D eigenvalue weighted by Gasteiger charge is -2.27. The van der Waals surface area contributed by atoms with Gasteiger partial charge in [-0.25, -0.2) is 0 Å². The quantitative estimate of drug-likeness (QED) is 0.646. The molecule has 0 radical (unpaired) electrons. The van der Waals surface area contributed by atoms with Crippen molar-refractivity contribution in [1.82, 2.24) is 15.1 Å². The predicted molar refractivity (Wildman–Crippen MR) is 129 cm³/mol. The summed E-state index contributed by atoms with van der Waals surface area (Å²) in [5.41, 5.74) is 0.566. The van der Waals surface area contributed by atoms with Crippen LogP contribution in [0.2, 0.25) is 0 Å². The van der Waals surface area contributed by atoms with Crippen LogP contribution in [-0.2, 0) is 9.59 Å². The van der Waals surface area contributed by atoms with Crippen LogP contribution in [0.5, 0.6) is 0 Å². The van der Waals surface area contributed by atoms with Gasteiger partial charge in [-0.3, -0.25) is 9.59 Å². The van der Waals surface area contributed by atoms with E-state index in [-0.39, 0.29) is 29.8 Å². The predicted octanol–water partition coefficient (Wildman–Crippen LogP) is 3.10. The van der Waals surface area contributed by atoms with Crippen molar-refractivity contribution in [3.05, 3.63) is 53.9 Å². The smallest absolute Gasteiger partial charge is 0.245 e. The Labute approximate surface area is 199 Å². The Bertz CT molecular complexity index is 1170. The Morgan fingerprint density at radius 3 is 2.41 bits per heavy atom. The van der Waals surface area contributed by atoms with Crippen molar-refractivity contribution >= 4 is 28.3 Å². The first-order valence-electron chi connectivity index (χ1n) is 11.7. The first-order chi connectivity index (χ1) is 16.6. The number of nitrogens with one attached hydrogen (secondary N) is 2. The van der Waals surface area contributed by atoms with Crippen molar-refractivity contribution in [2.24, 2.45) is 0 Å². The van der Waals surface area contributed by atoms with E-state index < -0.39 is 6.04 Å².